The molecule has 0 radical (unpaired) electrons. The van der Waals surface area contributed by atoms with Crippen molar-refractivity contribution in [3.05, 3.63) is 0 Å². The van der Waals surface area contributed by atoms with E-state index in [9.17, 15) is 19.2 Å². The Balaban J connectivity index is 1.81. The molecule has 2 heterocycles. The molecule has 2 fully saturated rings. The smallest absolute Gasteiger partial charge is 0.322 e. The topological polar surface area (TPSA) is 128 Å². The number of hydrogen-bond donors (Lipinski definition) is 4. The average Bonchev–Trinajstić information content (AvgIpc) is 2.84. The molecular weight excluding hydrogens is 280 g/mol. The zero-order chi connectivity index (χ0) is 15.4. The van der Waals surface area contributed by atoms with E-state index in [0.29, 0.717) is 13.1 Å². The Bertz CT molecular complexity index is 467. The number of aliphatic carboxylic acids is 1. The van der Waals surface area contributed by atoms with Crippen LogP contribution in [0.5, 0.6) is 0 Å². The number of likely N-dealkylation sites (tertiary alicyclic amines) is 1. The van der Waals surface area contributed by atoms with Crippen LogP contribution in [-0.2, 0) is 14.4 Å². The van der Waals surface area contributed by atoms with E-state index in [0.717, 1.165) is 12.8 Å². The van der Waals surface area contributed by atoms with Gasteiger partial charge in [0.05, 0.1) is 18.5 Å². The fourth-order valence-corrected chi connectivity index (χ4v) is 2.70. The summed E-state index contributed by atoms with van der Waals surface area (Å²) in [7, 11) is 0. The highest BCUT2D eigenvalue weighted by Crippen LogP contribution is 2.27. The van der Waals surface area contributed by atoms with Gasteiger partial charge in [-0.15, -0.1) is 0 Å². The maximum absolute atomic E-state index is 12.1. The largest absolute Gasteiger partial charge is 0.480 e. The number of carboxylic acids is 1. The van der Waals surface area contributed by atoms with Gasteiger partial charge in [0.1, 0.15) is 6.54 Å². The molecule has 0 bridgehead atoms. The van der Waals surface area contributed by atoms with Gasteiger partial charge in [-0.2, -0.15) is 0 Å². The zero-order valence-electron chi connectivity index (χ0n) is 11.4. The molecule has 2 aliphatic heterocycles. The Morgan fingerprint density at radius 2 is 2.05 bits per heavy atom. The van der Waals surface area contributed by atoms with Crippen LogP contribution in [0.2, 0.25) is 0 Å². The first-order chi connectivity index (χ1) is 9.99. The molecular formula is C12H18N4O5. The molecule has 21 heavy (non-hydrogen) atoms. The number of urea groups is 1. The van der Waals surface area contributed by atoms with Gasteiger partial charge in [0.25, 0.3) is 0 Å². The van der Waals surface area contributed by atoms with E-state index in [2.05, 4.69) is 16.0 Å². The Hall–Kier alpha value is -2.32. The zero-order valence-corrected chi connectivity index (χ0v) is 11.4. The van der Waals surface area contributed by atoms with E-state index in [4.69, 9.17) is 5.11 Å². The minimum absolute atomic E-state index is 0.0308. The van der Waals surface area contributed by atoms with Crippen molar-refractivity contribution in [2.75, 3.05) is 26.2 Å². The van der Waals surface area contributed by atoms with Gasteiger partial charge < -0.3 is 26.0 Å². The Morgan fingerprint density at radius 1 is 1.29 bits per heavy atom. The van der Waals surface area contributed by atoms with Crippen molar-refractivity contribution in [3.63, 3.8) is 0 Å². The molecule has 9 heteroatoms. The van der Waals surface area contributed by atoms with E-state index in [-0.39, 0.29) is 24.4 Å². The maximum atomic E-state index is 12.1. The van der Waals surface area contributed by atoms with Gasteiger partial charge in [-0.25, -0.2) is 4.79 Å². The number of rotatable bonds is 4. The summed E-state index contributed by atoms with van der Waals surface area (Å²) in [5, 5.41) is 15.8. The summed E-state index contributed by atoms with van der Waals surface area (Å²) >= 11 is 0. The number of nitrogens with one attached hydrogen (secondary N) is 3. The predicted molar refractivity (Wildman–Crippen MR) is 70.3 cm³/mol. The lowest BCUT2D eigenvalue weighted by Crippen LogP contribution is -2.53. The van der Waals surface area contributed by atoms with Gasteiger partial charge >= 0.3 is 12.0 Å². The summed E-state index contributed by atoms with van der Waals surface area (Å²) in [5.41, 5.74) is 0. The monoisotopic (exact) mass is 298 g/mol. The first-order valence-corrected chi connectivity index (χ1v) is 6.79. The van der Waals surface area contributed by atoms with Gasteiger partial charge in [0.2, 0.25) is 11.8 Å². The number of piperidine rings is 1. The van der Waals surface area contributed by atoms with Crippen LogP contribution in [0, 0.1) is 5.92 Å². The van der Waals surface area contributed by atoms with Gasteiger partial charge in [0.15, 0.2) is 0 Å². The molecule has 4 N–H and O–H groups in total. The number of carbonyl (C=O) groups excluding carboxylic acids is 3. The van der Waals surface area contributed by atoms with Crippen molar-refractivity contribution in [1.29, 1.82) is 0 Å². The normalized spacial score (nSPS) is 24.0. The molecule has 0 saturated carbocycles. The van der Waals surface area contributed by atoms with Crippen LogP contribution in [0.4, 0.5) is 4.79 Å². The average molecular weight is 298 g/mol. The fourth-order valence-electron chi connectivity index (χ4n) is 2.70. The number of amides is 4. The summed E-state index contributed by atoms with van der Waals surface area (Å²) in [6.07, 6.45) is 1.51. The van der Waals surface area contributed by atoms with Gasteiger partial charge in [-0.3, -0.25) is 14.4 Å². The van der Waals surface area contributed by atoms with Gasteiger partial charge in [-0.05, 0) is 12.8 Å². The van der Waals surface area contributed by atoms with Crippen molar-refractivity contribution in [1.82, 2.24) is 20.9 Å². The summed E-state index contributed by atoms with van der Waals surface area (Å²) in [5.74, 6) is -1.92. The third-order valence-corrected chi connectivity index (χ3v) is 3.70. The highest BCUT2D eigenvalue weighted by Gasteiger charge is 2.42. The second kappa shape index (κ2) is 6.42. The van der Waals surface area contributed by atoms with Gasteiger partial charge in [0, 0.05) is 13.1 Å². The lowest BCUT2D eigenvalue weighted by molar-refractivity contribution is -0.137. The molecule has 2 aliphatic rings. The third kappa shape index (κ3) is 3.61. The van der Waals surface area contributed by atoms with Crippen molar-refractivity contribution in [3.8, 4) is 0 Å². The molecule has 0 aromatic rings. The van der Waals surface area contributed by atoms with E-state index in [1.807, 2.05) is 0 Å². The van der Waals surface area contributed by atoms with E-state index in [1.54, 1.807) is 4.90 Å². The molecule has 0 spiro atoms. The fraction of sp³-hybridized carbons (Fsp3) is 0.667. The van der Waals surface area contributed by atoms with Crippen LogP contribution in [0.15, 0.2) is 0 Å². The third-order valence-electron chi connectivity index (χ3n) is 3.70. The predicted octanol–water partition coefficient (Wildman–Crippen LogP) is -1.89. The lowest BCUT2D eigenvalue weighted by atomic mass is 9.92. The standard InChI is InChI=1S/C12H18N4O5/c17-9(13-6-10(18)19)5-15-12(21)16-3-1-2-7-8(16)4-14-11(7)20/h7-8H,1-6H2,(H,13,17)(H,14,20)(H,15,21)(H,18,19). The number of fused-ring (bicyclic) bond motifs is 1. The first kappa shape index (κ1) is 15.1. The first-order valence-electron chi connectivity index (χ1n) is 6.79. The van der Waals surface area contributed by atoms with Crippen molar-refractivity contribution >= 4 is 23.8 Å². The molecule has 4 amide bonds. The molecule has 0 aromatic carbocycles. The minimum atomic E-state index is -1.15. The van der Waals surface area contributed by atoms with Crippen LogP contribution in [-0.4, -0.2) is 66.0 Å². The summed E-state index contributed by atoms with van der Waals surface area (Å²) in [4.78, 5) is 46.9. The van der Waals surface area contributed by atoms with Crippen LogP contribution < -0.4 is 16.0 Å². The molecule has 116 valence electrons. The highest BCUT2D eigenvalue weighted by atomic mass is 16.4. The summed E-state index contributed by atoms with van der Waals surface area (Å²) in [6.45, 7) is 0.198. The van der Waals surface area contributed by atoms with E-state index >= 15 is 0 Å². The van der Waals surface area contributed by atoms with Crippen molar-refractivity contribution in [2.24, 2.45) is 5.92 Å². The molecule has 2 atom stereocenters. The number of carbonyl (C=O) groups is 4. The lowest BCUT2D eigenvalue weighted by Gasteiger charge is -2.35. The van der Waals surface area contributed by atoms with Crippen LogP contribution >= 0.6 is 0 Å². The Morgan fingerprint density at radius 3 is 2.76 bits per heavy atom. The number of carboxylic acid groups (broad SMARTS) is 1. The summed E-state index contributed by atoms with van der Waals surface area (Å²) in [6, 6.07) is -0.583. The Labute approximate surface area is 121 Å². The van der Waals surface area contributed by atoms with Crippen LogP contribution in [0.25, 0.3) is 0 Å². The molecule has 2 rings (SSSR count). The minimum Gasteiger partial charge on any atom is -0.480 e. The van der Waals surface area contributed by atoms with Crippen molar-refractivity contribution in [2.45, 2.75) is 18.9 Å². The molecule has 2 saturated heterocycles. The van der Waals surface area contributed by atoms with Crippen molar-refractivity contribution < 1.29 is 24.3 Å². The quantitative estimate of drug-likeness (QED) is 0.482. The van der Waals surface area contributed by atoms with Gasteiger partial charge in [-0.1, -0.05) is 0 Å². The number of hydrogen-bond acceptors (Lipinski definition) is 4. The highest BCUT2D eigenvalue weighted by molar-refractivity contribution is 5.87. The second-order valence-corrected chi connectivity index (χ2v) is 5.08. The number of nitrogens with zero attached hydrogens (tertiary/aromatic N) is 1. The van der Waals surface area contributed by atoms with Crippen LogP contribution in [0.3, 0.4) is 0 Å². The molecule has 2 unspecified atom stereocenters. The molecule has 9 nitrogen and oxygen atoms in total. The molecule has 0 aromatic heterocycles. The van der Waals surface area contributed by atoms with E-state index < -0.39 is 24.5 Å². The van der Waals surface area contributed by atoms with Crippen LogP contribution in [0.1, 0.15) is 12.8 Å². The van der Waals surface area contributed by atoms with E-state index in [1.165, 1.54) is 0 Å². The Kier molecular flexibility index (Phi) is 4.61. The summed E-state index contributed by atoms with van der Waals surface area (Å²) < 4.78 is 0. The SMILES string of the molecule is O=C(O)CNC(=O)CNC(=O)N1CCCC2C(=O)NCC21. The second-order valence-electron chi connectivity index (χ2n) is 5.08. The maximum Gasteiger partial charge on any atom is 0.322 e. The molecule has 0 aliphatic carbocycles.